The van der Waals surface area contributed by atoms with Crippen LogP contribution in [0.15, 0.2) is 24.3 Å². The first-order valence-electron chi connectivity index (χ1n) is 10.2. The van der Waals surface area contributed by atoms with Crippen LogP contribution in [0.3, 0.4) is 0 Å². The number of aryl methyl sites for hydroxylation is 1. The van der Waals surface area contributed by atoms with Gasteiger partial charge >= 0.3 is 0 Å². The highest BCUT2D eigenvalue weighted by Crippen LogP contribution is 2.25. The number of unbranched alkanes of at least 4 members (excludes halogenated alkanes) is 9. The summed E-state index contributed by atoms with van der Waals surface area (Å²) >= 11 is 0. The molecule has 0 amide bonds. The Bertz CT molecular complexity index is 624. The van der Waals surface area contributed by atoms with E-state index in [9.17, 15) is 5.11 Å². The number of hydrogen-bond acceptors (Lipinski definition) is 2. The van der Waals surface area contributed by atoms with E-state index in [0.29, 0.717) is 0 Å². The maximum atomic E-state index is 10.4. The molecule has 0 aliphatic heterocycles. The summed E-state index contributed by atoms with van der Waals surface area (Å²) in [4.78, 5) is 4.66. The molecule has 0 radical (unpaired) electrons. The molecule has 25 heavy (non-hydrogen) atoms. The Morgan fingerprint density at radius 3 is 2.04 bits per heavy atom. The summed E-state index contributed by atoms with van der Waals surface area (Å²) in [6.45, 7) is 6.86. The molecule has 0 spiro atoms. The highest BCUT2D eigenvalue weighted by molar-refractivity contribution is 5.76. The molecule has 0 saturated heterocycles. The third kappa shape index (κ3) is 6.14. The van der Waals surface area contributed by atoms with Crippen LogP contribution < -0.4 is 0 Å². The van der Waals surface area contributed by atoms with Gasteiger partial charge in [-0.15, -0.1) is 0 Å². The number of aromatic nitrogens is 2. The average molecular weight is 345 g/mol. The third-order valence-electron chi connectivity index (χ3n) is 4.94. The van der Waals surface area contributed by atoms with Gasteiger partial charge in [0.2, 0.25) is 0 Å². The van der Waals surface area contributed by atoms with Crippen molar-refractivity contribution in [3.63, 3.8) is 0 Å². The number of aliphatic hydroxyl groups is 1. The van der Waals surface area contributed by atoms with E-state index < -0.39 is 5.60 Å². The fraction of sp³-hybridized carbons (Fsp3) is 0.682. The maximum Gasteiger partial charge on any atom is 0.141 e. The van der Waals surface area contributed by atoms with E-state index in [2.05, 4.69) is 22.5 Å². The smallest absolute Gasteiger partial charge is 0.141 e. The van der Waals surface area contributed by atoms with Crippen LogP contribution in [0.4, 0.5) is 0 Å². The fourth-order valence-corrected chi connectivity index (χ4v) is 3.53. The quantitative estimate of drug-likeness (QED) is 0.466. The van der Waals surface area contributed by atoms with Gasteiger partial charge in [0.25, 0.3) is 0 Å². The van der Waals surface area contributed by atoms with Crippen LogP contribution in [0.2, 0.25) is 0 Å². The molecule has 0 bridgehead atoms. The van der Waals surface area contributed by atoms with E-state index in [1.54, 1.807) is 0 Å². The van der Waals surface area contributed by atoms with Gasteiger partial charge < -0.3 is 9.67 Å². The van der Waals surface area contributed by atoms with Crippen molar-refractivity contribution in [1.29, 1.82) is 0 Å². The fourth-order valence-electron chi connectivity index (χ4n) is 3.53. The summed E-state index contributed by atoms with van der Waals surface area (Å²) < 4.78 is 2.21. The lowest BCUT2D eigenvalue weighted by molar-refractivity contribution is 0.0651. The summed E-state index contributed by atoms with van der Waals surface area (Å²) in [7, 11) is 0. The lowest BCUT2D eigenvalue weighted by Crippen LogP contribution is -2.22. The molecule has 0 saturated carbocycles. The van der Waals surface area contributed by atoms with Gasteiger partial charge in [-0.1, -0.05) is 76.8 Å². The first kappa shape index (κ1) is 20.0. The van der Waals surface area contributed by atoms with Gasteiger partial charge in [-0.25, -0.2) is 4.98 Å². The van der Waals surface area contributed by atoms with Gasteiger partial charge in [0, 0.05) is 6.54 Å². The van der Waals surface area contributed by atoms with Gasteiger partial charge in [-0.3, -0.25) is 0 Å². The van der Waals surface area contributed by atoms with Crippen LogP contribution in [-0.2, 0) is 12.1 Å². The predicted molar refractivity (Wildman–Crippen MR) is 107 cm³/mol. The molecule has 3 nitrogen and oxygen atoms in total. The second-order valence-electron chi connectivity index (χ2n) is 7.82. The Kier molecular flexibility index (Phi) is 7.95. The lowest BCUT2D eigenvalue weighted by atomic mass is 10.1. The van der Waals surface area contributed by atoms with E-state index in [-0.39, 0.29) is 0 Å². The second kappa shape index (κ2) is 9.96. The molecule has 1 N–H and O–H groups in total. The van der Waals surface area contributed by atoms with E-state index in [0.717, 1.165) is 29.8 Å². The molecular weight excluding hydrogens is 308 g/mol. The van der Waals surface area contributed by atoms with Crippen molar-refractivity contribution in [2.24, 2.45) is 0 Å². The van der Waals surface area contributed by atoms with Gasteiger partial charge in [0.15, 0.2) is 0 Å². The number of rotatable bonds is 12. The zero-order valence-electron chi connectivity index (χ0n) is 16.4. The Morgan fingerprint density at radius 2 is 1.44 bits per heavy atom. The van der Waals surface area contributed by atoms with Crippen molar-refractivity contribution >= 4 is 11.0 Å². The summed E-state index contributed by atoms with van der Waals surface area (Å²) in [5.41, 5.74) is 1.21. The number of fused-ring (bicyclic) bond motifs is 1. The highest BCUT2D eigenvalue weighted by Gasteiger charge is 2.24. The molecule has 140 valence electrons. The number of nitrogens with zero attached hydrogens (tertiary/aromatic N) is 2. The standard InChI is InChI=1S/C22H36N2O/c1-4-5-6-7-8-9-10-11-12-15-18-24-20-17-14-13-16-19(20)23-21(24)22(2,3)25/h13-14,16-17,25H,4-12,15,18H2,1-3H3. The summed E-state index contributed by atoms with van der Waals surface area (Å²) in [5.74, 6) is 0.782. The topological polar surface area (TPSA) is 38.0 Å². The minimum absolute atomic E-state index is 0.782. The normalized spacial score (nSPS) is 12.2. The van der Waals surface area contributed by atoms with Crippen molar-refractivity contribution in [2.45, 2.75) is 97.1 Å². The maximum absolute atomic E-state index is 10.4. The first-order chi connectivity index (χ1) is 12.0. The molecule has 3 heteroatoms. The number of benzene rings is 1. The van der Waals surface area contributed by atoms with E-state index in [4.69, 9.17) is 0 Å². The Hall–Kier alpha value is -1.35. The van der Waals surface area contributed by atoms with Gasteiger partial charge in [0.1, 0.15) is 11.4 Å². The summed E-state index contributed by atoms with van der Waals surface area (Å²) in [5, 5.41) is 10.4. The number of para-hydroxylation sites is 2. The largest absolute Gasteiger partial charge is 0.383 e. The molecule has 0 fully saturated rings. The Labute approximate surface area is 153 Å². The first-order valence-corrected chi connectivity index (χ1v) is 10.2. The van der Waals surface area contributed by atoms with E-state index >= 15 is 0 Å². The molecule has 0 aliphatic carbocycles. The monoisotopic (exact) mass is 344 g/mol. The van der Waals surface area contributed by atoms with Crippen molar-refractivity contribution in [1.82, 2.24) is 9.55 Å². The van der Waals surface area contributed by atoms with Gasteiger partial charge in [-0.2, -0.15) is 0 Å². The van der Waals surface area contributed by atoms with Crippen molar-refractivity contribution in [3.8, 4) is 0 Å². The minimum Gasteiger partial charge on any atom is -0.383 e. The molecule has 2 rings (SSSR count). The van der Waals surface area contributed by atoms with Crippen LogP contribution in [-0.4, -0.2) is 14.7 Å². The zero-order chi connectivity index (χ0) is 18.1. The number of hydrogen-bond donors (Lipinski definition) is 1. The second-order valence-corrected chi connectivity index (χ2v) is 7.82. The van der Waals surface area contributed by atoms with Crippen LogP contribution in [0, 0.1) is 0 Å². The summed E-state index contributed by atoms with van der Waals surface area (Å²) in [6.07, 6.45) is 13.4. The third-order valence-corrected chi connectivity index (χ3v) is 4.94. The molecule has 1 aromatic carbocycles. The van der Waals surface area contributed by atoms with Crippen LogP contribution in [0.5, 0.6) is 0 Å². The van der Waals surface area contributed by atoms with E-state index in [1.165, 1.54) is 57.8 Å². The lowest BCUT2D eigenvalue weighted by Gasteiger charge is -2.19. The predicted octanol–water partition coefficient (Wildman–Crippen LogP) is 6.18. The molecule has 1 aromatic heterocycles. The van der Waals surface area contributed by atoms with Gasteiger partial charge in [0.05, 0.1) is 11.0 Å². The highest BCUT2D eigenvalue weighted by atomic mass is 16.3. The Balaban J connectivity index is 1.77. The number of imidazole rings is 1. The minimum atomic E-state index is -0.905. The van der Waals surface area contributed by atoms with Gasteiger partial charge in [-0.05, 0) is 32.4 Å². The van der Waals surface area contributed by atoms with Crippen molar-refractivity contribution < 1.29 is 5.11 Å². The van der Waals surface area contributed by atoms with Crippen LogP contribution in [0.1, 0.15) is 90.8 Å². The molecule has 0 aliphatic rings. The van der Waals surface area contributed by atoms with E-state index in [1.807, 2.05) is 32.0 Å². The average Bonchev–Trinajstić information content (AvgIpc) is 2.96. The molecule has 2 aromatic rings. The summed E-state index contributed by atoms with van der Waals surface area (Å²) in [6, 6.07) is 8.19. The molecule has 1 heterocycles. The van der Waals surface area contributed by atoms with Crippen LogP contribution in [0.25, 0.3) is 11.0 Å². The van der Waals surface area contributed by atoms with Crippen molar-refractivity contribution in [3.05, 3.63) is 30.1 Å². The SMILES string of the molecule is CCCCCCCCCCCCn1c(C(C)(C)O)nc2ccccc21. The Morgan fingerprint density at radius 1 is 0.880 bits per heavy atom. The van der Waals surface area contributed by atoms with Crippen molar-refractivity contribution in [2.75, 3.05) is 0 Å². The van der Waals surface area contributed by atoms with Crippen LogP contribution >= 0.6 is 0 Å². The molecule has 0 atom stereocenters. The molecular formula is C22H36N2O. The molecule has 0 unspecified atom stereocenters. The zero-order valence-corrected chi connectivity index (χ0v) is 16.4.